The summed E-state index contributed by atoms with van der Waals surface area (Å²) in [7, 11) is 3.38. The van der Waals surface area contributed by atoms with E-state index in [4.69, 9.17) is 0 Å². The molecule has 2 aromatic carbocycles. The van der Waals surface area contributed by atoms with Crippen LogP contribution in [0.15, 0.2) is 59.4 Å². The summed E-state index contributed by atoms with van der Waals surface area (Å²) in [5.74, 6) is -0.382. The Bertz CT molecular complexity index is 1150. The van der Waals surface area contributed by atoms with Crippen LogP contribution in [-0.2, 0) is 24.6 Å². The van der Waals surface area contributed by atoms with Crippen LogP contribution in [0.5, 0.6) is 0 Å². The average Bonchev–Trinajstić information content (AvgIpc) is 2.95. The Morgan fingerprint density at radius 2 is 1.69 bits per heavy atom. The van der Waals surface area contributed by atoms with Crippen LogP contribution in [-0.4, -0.2) is 33.8 Å². The first-order chi connectivity index (χ1) is 15.1. The first kappa shape index (κ1) is 23.3. The number of aromatic nitrogens is 2. The van der Waals surface area contributed by atoms with E-state index in [1.165, 1.54) is 16.8 Å². The Balaban J connectivity index is 1.66. The molecule has 1 N–H and O–H groups in total. The molecule has 0 atom stereocenters. The molecule has 3 rings (SSSR count). The highest BCUT2D eigenvalue weighted by Gasteiger charge is 2.33. The number of rotatable bonds is 7. The third-order valence-electron chi connectivity index (χ3n) is 5.30. The second-order valence-electron chi connectivity index (χ2n) is 7.63. The zero-order chi connectivity index (χ0) is 23.5. The van der Waals surface area contributed by atoms with E-state index < -0.39 is 11.7 Å². The maximum atomic E-state index is 13.2. The molecule has 0 unspecified atom stereocenters. The van der Waals surface area contributed by atoms with Crippen LogP contribution < -0.4 is 10.9 Å². The molecule has 0 saturated carbocycles. The van der Waals surface area contributed by atoms with Gasteiger partial charge < -0.3 is 10.2 Å². The van der Waals surface area contributed by atoms with Crippen LogP contribution in [0, 0.1) is 6.92 Å². The van der Waals surface area contributed by atoms with E-state index in [1.807, 2.05) is 18.2 Å². The van der Waals surface area contributed by atoms with Crippen molar-refractivity contribution in [1.29, 1.82) is 0 Å². The minimum Gasteiger partial charge on any atom is -0.320 e. The quantitative estimate of drug-likeness (QED) is 0.598. The van der Waals surface area contributed by atoms with E-state index in [9.17, 15) is 22.8 Å². The van der Waals surface area contributed by atoms with Gasteiger partial charge in [0.25, 0.3) is 5.56 Å². The van der Waals surface area contributed by atoms with Crippen molar-refractivity contribution in [2.45, 2.75) is 26.1 Å². The topological polar surface area (TPSA) is 59.3 Å². The van der Waals surface area contributed by atoms with Crippen molar-refractivity contribution in [3.05, 3.63) is 81.8 Å². The second-order valence-corrected chi connectivity index (χ2v) is 7.63. The monoisotopic (exact) mass is 446 g/mol. The summed E-state index contributed by atoms with van der Waals surface area (Å²) in [4.78, 5) is 27.0. The van der Waals surface area contributed by atoms with Crippen LogP contribution in [0.4, 0.5) is 18.9 Å². The highest BCUT2D eigenvalue weighted by molar-refractivity contribution is 5.91. The van der Waals surface area contributed by atoms with Gasteiger partial charge in [-0.2, -0.15) is 13.2 Å². The van der Waals surface area contributed by atoms with Gasteiger partial charge in [0, 0.05) is 26.6 Å². The molecule has 0 aliphatic carbocycles. The van der Waals surface area contributed by atoms with E-state index in [0.717, 1.165) is 6.07 Å². The van der Waals surface area contributed by atoms with Crippen molar-refractivity contribution in [2.75, 3.05) is 18.9 Å². The molecule has 0 aliphatic heterocycles. The van der Waals surface area contributed by atoms with E-state index >= 15 is 0 Å². The van der Waals surface area contributed by atoms with Gasteiger partial charge in [-0.15, -0.1) is 0 Å². The molecule has 0 fully saturated rings. The van der Waals surface area contributed by atoms with Crippen LogP contribution in [0.3, 0.4) is 0 Å². The molecule has 0 spiro atoms. The summed E-state index contributed by atoms with van der Waals surface area (Å²) in [6.45, 7) is 2.02. The number of alkyl halides is 3. The number of amides is 1. The molecule has 9 heteroatoms. The van der Waals surface area contributed by atoms with Crippen LogP contribution >= 0.6 is 0 Å². The number of carbonyl (C=O) groups excluding carboxylic acids is 1. The van der Waals surface area contributed by atoms with Crippen LogP contribution in [0.2, 0.25) is 0 Å². The zero-order valence-electron chi connectivity index (χ0n) is 18.1. The Morgan fingerprint density at radius 3 is 2.34 bits per heavy atom. The second kappa shape index (κ2) is 9.44. The third kappa shape index (κ3) is 5.11. The maximum absolute atomic E-state index is 13.2. The van der Waals surface area contributed by atoms with Crippen molar-refractivity contribution < 1.29 is 18.0 Å². The Labute approximate surface area is 183 Å². The number of para-hydroxylation sites is 1. The molecule has 1 aromatic heterocycles. The lowest BCUT2D eigenvalue weighted by atomic mass is 10.1. The van der Waals surface area contributed by atoms with Crippen LogP contribution in [0.25, 0.3) is 5.69 Å². The molecule has 0 aliphatic rings. The zero-order valence-corrected chi connectivity index (χ0v) is 18.1. The summed E-state index contributed by atoms with van der Waals surface area (Å²) in [5, 5.41) is 2.66. The number of nitrogens with one attached hydrogen (secondary N) is 1. The van der Waals surface area contributed by atoms with Crippen molar-refractivity contribution in [2.24, 2.45) is 7.05 Å². The molecule has 6 nitrogen and oxygen atoms in total. The predicted octanol–water partition coefficient (Wildman–Crippen LogP) is 3.96. The molecule has 0 saturated heterocycles. The van der Waals surface area contributed by atoms with Crippen molar-refractivity contribution in [3.63, 3.8) is 0 Å². The summed E-state index contributed by atoms with van der Waals surface area (Å²) in [5.41, 5.74) is 0.569. The largest absolute Gasteiger partial charge is 0.416 e. The number of anilines is 1. The van der Waals surface area contributed by atoms with E-state index in [-0.39, 0.29) is 42.2 Å². The molecule has 1 amide bonds. The minimum atomic E-state index is -4.43. The fraction of sp³-hybridized carbons (Fsp3) is 0.304. The lowest BCUT2D eigenvalue weighted by Gasteiger charge is -2.19. The van der Waals surface area contributed by atoms with E-state index in [1.54, 1.807) is 48.8 Å². The number of carbonyl (C=O) groups is 1. The van der Waals surface area contributed by atoms with Gasteiger partial charge in [-0.05, 0) is 37.7 Å². The molecule has 0 bridgehead atoms. The number of hydrogen-bond acceptors (Lipinski definition) is 3. The molecule has 0 radical (unpaired) electrons. The highest BCUT2D eigenvalue weighted by Crippen LogP contribution is 2.32. The van der Waals surface area contributed by atoms with Gasteiger partial charge in [0.2, 0.25) is 5.91 Å². The first-order valence-corrected chi connectivity index (χ1v) is 10.1. The number of nitrogens with zero attached hydrogens (tertiary/aromatic N) is 3. The lowest BCUT2D eigenvalue weighted by molar-refractivity contribution is -0.138. The summed E-state index contributed by atoms with van der Waals surface area (Å²) >= 11 is 0. The fourth-order valence-corrected chi connectivity index (χ4v) is 3.51. The standard InChI is InChI=1S/C23H25F3N4O2/c1-16-21(22(32)30(29(16)3)18-10-5-4-6-11-18)27-20(31)13-14-28(2)15-17-9-7-8-12-19(17)23(24,25)26/h4-12H,13-15H2,1-3H3,(H,27,31). The van der Waals surface area contributed by atoms with E-state index in [2.05, 4.69) is 5.32 Å². The SMILES string of the molecule is Cc1c(NC(=O)CCN(C)Cc2ccccc2C(F)(F)F)c(=O)n(-c2ccccc2)n1C. The van der Waals surface area contributed by atoms with Gasteiger partial charge in [0.05, 0.1) is 16.9 Å². The molecule has 170 valence electrons. The van der Waals surface area contributed by atoms with Crippen molar-refractivity contribution in [1.82, 2.24) is 14.3 Å². The van der Waals surface area contributed by atoms with Gasteiger partial charge in [-0.25, -0.2) is 4.68 Å². The number of halogens is 3. The molecule has 1 heterocycles. The smallest absolute Gasteiger partial charge is 0.320 e. The van der Waals surface area contributed by atoms with Gasteiger partial charge in [0.15, 0.2) is 0 Å². The molecule has 3 aromatic rings. The van der Waals surface area contributed by atoms with Gasteiger partial charge in [-0.1, -0.05) is 36.4 Å². The van der Waals surface area contributed by atoms with Gasteiger partial charge in [-0.3, -0.25) is 14.3 Å². The predicted molar refractivity (Wildman–Crippen MR) is 117 cm³/mol. The number of hydrogen-bond donors (Lipinski definition) is 1. The van der Waals surface area contributed by atoms with Crippen LogP contribution in [0.1, 0.15) is 23.2 Å². The number of benzene rings is 2. The average molecular weight is 446 g/mol. The normalized spacial score (nSPS) is 11.7. The summed E-state index contributed by atoms with van der Waals surface area (Å²) in [6.07, 6.45) is -4.40. The highest BCUT2D eigenvalue weighted by atomic mass is 19.4. The van der Waals surface area contributed by atoms with Gasteiger partial charge in [0.1, 0.15) is 5.69 Å². The Morgan fingerprint density at radius 1 is 1.06 bits per heavy atom. The lowest BCUT2D eigenvalue weighted by Crippen LogP contribution is -2.27. The Kier molecular flexibility index (Phi) is 6.88. The van der Waals surface area contributed by atoms with Crippen molar-refractivity contribution in [3.8, 4) is 5.69 Å². The molecular weight excluding hydrogens is 421 g/mol. The first-order valence-electron chi connectivity index (χ1n) is 10.1. The van der Waals surface area contributed by atoms with Gasteiger partial charge >= 0.3 is 6.18 Å². The summed E-state index contributed by atoms with van der Waals surface area (Å²) < 4.78 is 42.6. The molecular formula is C23H25F3N4O2. The van der Waals surface area contributed by atoms with Crippen molar-refractivity contribution >= 4 is 11.6 Å². The minimum absolute atomic E-state index is 0.0315. The fourth-order valence-electron chi connectivity index (χ4n) is 3.51. The van der Waals surface area contributed by atoms with E-state index in [0.29, 0.717) is 11.4 Å². The molecule has 32 heavy (non-hydrogen) atoms. The Hall–Kier alpha value is -3.33. The third-order valence-corrected chi connectivity index (χ3v) is 5.30. The maximum Gasteiger partial charge on any atom is 0.416 e. The summed E-state index contributed by atoms with van der Waals surface area (Å²) in [6, 6.07) is 14.4.